The number of hydrogen-bond donors (Lipinski definition) is 0. The van der Waals surface area contributed by atoms with Gasteiger partial charge in [0, 0.05) is 40.6 Å². The minimum absolute atomic E-state index is 0.144. The normalized spacial score (nSPS) is 21.7. The van der Waals surface area contributed by atoms with Gasteiger partial charge in [-0.05, 0) is 60.7 Å². The molecule has 6 heteroatoms. The molecule has 2 unspecified atom stereocenters. The Hall–Kier alpha value is -1.07. The van der Waals surface area contributed by atoms with Gasteiger partial charge in [0.05, 0.1) is 17.0 Å². The quantitative estimate of drug-likeness (QED) is 0.584. The van der Waals surface area contributed by atoms with Gasteiger partial charge >= 0.3 is 0 Å². The van der Waals surface area contributed by atoms with Gasteiger partial charge in [0.1, 0.15) is 0 Å². The topological polar surface area (TPSA) is 23.6 Å². The van der Waals surface area contributed by atoms with Crippen molar-refractivity contribution in [3.8, 4) is 0 Å². The van der Waals surface area contributed by atoms with Crippen molar-refractivity contribution in [3.63, 3.8) is 0 Å². The molecular weight excluding hydrogens is 411 g/mol. The van der Waals surface area contributed by atoms with E-state index < -0.39 is 11.0 Å². The first-order valence-corrected chi connectivity index (χ1v) is 12.0. The van der Waals surface area contributed by atoms with Crippen LogP contribution in [0, 0.1) is 0 Å². The zero-order chi connectivity index (χ0) is 19.7. The molecule has 0 N–H and O–H groups in total. The van der Waals surface area contributed by atoms with Crippen LogP contribution in [-0.4, -0.2) is 33.4 Å². The number of nitrogens with zero attached hydrogens (tertiary/aromatic N) is 2. The molecule has 3 nitrogen and oxygen atoms in total. The molecule has 1 saturated heterocycles. The van der Waals surface area contributed by atoms with Gasteiger partial charge in [0.2, 0.25) is 0 Å². The zero-order valence-electron chi connectivity index (χ0n) is 16.1. The van der Waals surface area contributed by atoms with Crippen LogP contribution in [0.4, 0.5) is 5.69 Å². The van der Waals surface area contributed by atoms with Crippen molar-refractivity contribution in [2.75, 3.05) is 24.5 Å². The third kappa shape index (κ3) is 4.40. The third-order valence-electron chi connectivity index (χ3n) is 5.53. The van der Waals surface area contributed by atoms with E-state index in [1.165, 1.54) is 16.8 Å². The van der Waals surface area contributed by atoms with Crippen LogP contribution in [0.5, 0.6) is 0 Å². The maximum Gasteiger partial charge on any atom is 0.0975 e. The average Bonchev–Trinajstić information content (AvgIpc) is 3.54. The molecule has 2 aliphatic rings. The molecule has 1 aliphatic carbocycles. The summed E-state index contributed by atoms with van der Waals surface area (Å²) >= 11 is 12.4. The third-order valence-corrected chi connectivity index (χ3v) is 7.90. The second-order valence-corrected chi connectivity index (χ2v) is 10.3. The van der Waals surface area contributed by atoms with E-state index in [4.69, 9.17) is 23.2 Å². The maximum absolute atomic E-state index is 12.8. The number of anilines is 1. The fraction of sp³-hybridized carbons (Fsp3) is 0.455. The van der Waals surface area contributed by atoms with Crippen molar-refractivity contribution >= 4 is 39.9 Å². The van der Waals surface area contributed by atoms with Crippen molar-refractivity contribution in [2.24, 2.45) is 0 Å². The molecule has 1 aliphatic heterocycles. The molecular formula is C22H26Cl2N2OS. The molecule has 2 aromatic carbocycles. The van der Waals surface area contributed by atoms with Gasteiger partial charge in [-0.2, -0.15) is 0 Å². The Balaban J connectivity index is 1.68. The Bertz CT molecular complexity index is 854. The van der Waals surface area contributed by atoms with Gasteiger partial charge in [-0.15, -0.1) is 0 Å². The summed E-state index contributed by atoms with van der Waals surface area (Å²) in [5.41, 5.74) is 3.73. The number of piperazine rings is 1. The average molecular weight is 437 g/mol. The molecule has 0 aromatic heterocycles. The summed E-state index contributed by atoms with van der Waals surface area (Å²) in [7, 11) is -0.870. The van der Waals surface area contributed by atoms with E-state index in [-0.39, 0.29) is 6.04 Å². The summed E-state index contributed by atoms with van der Waals surface area (Å²) in [4.78, 5) is 2.46. The molecule has 0 spiro atoms. The Labute approximate surface area is 180 Å². The number of aryl methyl sites for hydroxylation is 1. The van der Waals surface area contributed by atoms with Crippen molar-refractivity contribution in [1.29, 1.82) is 0 Å². The maximum atomic E-state index is 12.8. The Kier molecular flexibility index (Phi) is 6.31. The fourth-order valence-electron chi connectivity index (χ4n) is 3.96. The minimum Gasteiger partial charge on any atom is -0.362 e. The van der Waals surface area contributed by atoms with Crippen LogP contribution in [0.3, 0.4) is 0 Å². The van der Waals surface area contributed by atoms with Gasteiger partial charge in [-0.3, -0.25) is 0 Å². The van der Waals surface area contributed by atoms with E-state index in [2.05, 4.69) is 40.4 Å². The Morgan fingerprint density at radius 3 is 2.43 bits per heavy atom. The summed E-state index contributed by atoms with van der Waals surface area (Å²) < 4.78 is 15.0. The molecule has 1 saturated carbocycles. The van der Waals surface area contributed by atoms with Crippen molar-refractivity contribution in [1.82, 2.24) is 4.31 Å². The molecule has 4 rings (SSSR count). The highest BCUT2D eigenvalue weighted by molar-refractivity contribution is 7.83. The summed E-state index contributed by atoms with van der Waals surface area (Å²) in [6.45, 7) is 4.63. The number of hydrogen-bond acceptors (Lipinski definition) is 2. The van der Waals surface area contributed by atoms with E-state index in [9.17, 15) is 4.21 Å². The first kappa shape index (κ1) is 20.2. The monoisotopic (exact) mass is 436 g/mol. The van der Waals surface area contributed by atoms with Crippen LogP contribution in [0.2, 0.25) is 10.0 Å². The summed E-state index contributed by atoms with van der Waals surface area (Å²) in [6.07, 6.45) is 4.26. The van der Waals surface area contributed by atoms with Crippen LogP contribution in [-0.2, 0) is 17.4 Å². The zero-order valence-corrected chi connectivity index (χ0v) is 18.4. The highest BCUT2D eigenvalue weighted by atomic mass is 35.5. The smallest absolute Gasteiger partial charge is 0.0975 e. The molecule has 0 amide bonds. The number of benzene rings is 2. The molecule has 2 fully saturated rings. The molecule has 2 atom stereocenters. The van der Waals surface area contributed by atoms with Gasteiger partial charge in [-0.1, -0.05) is 48.7 Å². The van der Waals surface area contributed by atoms with E-state index >= 15 is 0 Å². The molecule has 2 aromatic rings. The second-order valence-electron chi connectivity index (χ2n) is 7.65. The molecule has 1 heterocycles. The largest absolute Gasteiger partial charge is 0.362 e. The van der Waals surface area contributed by atoms with Crippen molar-refractivity contribution in [3.05, 3.63) is 63.6 Å². The van der Waals surface area contributed by atoms with Crippen LogP contribution in [0.25, 0.3) is 0 Å². The lowest BCUT2D eigenvalue weighted by molar-refractivity contribution is 0.351. The SMILES string of the molecule is CCCc1cc(Cl)ccc1N1CCN(S(=O)C2CC2)CC1c1ccc(Cl)cc1. The lowest BCUT2D eigenvalue weighted by Gasteiger charge is -2.43. The van der Waals surface area contributed by atoms with E-state index in [1.54, 1.807) is 0 Å². The standard InChI is InChI=1S/C22H26Cl2N2OS/c1-2-3-17-14-19(24)8-11-21(17)26-13-12-25(28(27)20-9-10-20)15-22(26)16-4-6-18(23)7-5-16/h4-8,11,14,20,22H,2-3,9-10,12-13,15H2,1H3. The highest BCUT2D eigenvalue weighted by Crippen LogP contribution is 2.37. The number of rotatable bonds is 6. The minimum atomic E-state index is -0.870. The van der Waals surface area contributed by atoms with Gasteiger partial charge in [-0.25, -0.2) is 8.51 Å². The summed E-state index contributed by atoms with van der Waals surface area (Å²) in [5.74, 6) is 0. The van der Waals surface area contributed by atoms with Gasteiger partial charge in [0.25, 0.3) is 0 Å². The van der Waals surface area contributed by atoms with Crippen molar-refractivity contribution < 1.29 is 4.21 Å². The first-order valence-electron chi connectivity index (χ1n) is 10.0. The highest BCUT2D eigenvalue weighted by Gasteiger charge is 2.37. The lowest BCUT2D eigenvalue weighted by atomic mass is 9.99. The van der Waals surface area contributed by atoms with Crippen LogP contribution in [0.15, 0.2) is 42.5 Å². The predicted octanol–water partition coefficient (Wildman–Crippen LogP) is 5.64. The second kappa shape index (κ2) is 8.74. The fourth-order valence-corrected chi connectivity index (χ4v) is 5.80. The number of halogens is 2. The molecule has 0 bridgehead atoms. The predicted molar refractivity (Wildman–Crippen MR) is 120 cm³/mol. The van der Waals surface area contributed by atoms with E-state index in [0.29, 0.717) is 5.25 Å². The van der Waals surface area contributed by atoms with Gasteiger partial charge < -0.3 is 4.90 Å². The lowest BCUT2D eigenvalue weighted by Crippen LogP contribution is -2.49. The molecule has 150 valence electrons. The van der Waals surface area contributed by atoms with E-state index in [1.807, 2.05) is 18.2 Å². The van der Waals surface area contributed by atoms with Crippen LogP contribution >= 0.6 is 23.2 Å². The molecule has 28 heavy (non-hydrogen) atoms. The van der Waals surface area contributed by atoms with Gasteiger partial charge in [0.15, 0.2) is 0 Å². The van der Waals surface area contributed by atoms with Crippen molar-refractivity contribution in [2.45, 2.75) is 43.9 Å². The first-order chi connectivity index (χ1) is 13.6. The Morgan fingerprint density at radius 1 is 1.04 bits per heavy atom. The Morgan fingerprint density at radius 2 is 1.75 bits per heavy atom. The molecule has 0 radical (unpaired) electrons. The summed E-state index contributed by atoms with van der Waals surface area (Å²) in [6, 6.07) is 14.4. The van der Waals surface area contributed by atoms with Crippen LogP contribution < -0.4 is 4.90 Å². The van der Waals surface area contributed by atoms with Crippen LogP contribution in [0.1, 0.15) is 43.4 Å². The van der Waals surface area contributed by atoms with E-state index in [0.717, 1.165) is 55.4 Å². The summed E-state index contributed by atoms with van der Waals surface area (Å²) in [5, 5.41) is 1.88.